The molecular weight excluding hydrogens is 308 g/mol. The summed E-state index contributed by atoms with van der Waals surface area (Å²) in [5.74, 6) is 1.61. The molecule has 1 N–H and O–H groups in total. The van der Waals surface area contributed by atoms with Gasteiger partial charge in [0.05, 0.1) is 19.4 Å². The summed E-state index contributed by atoms with van der Waals surface area (Å²) >= 11 is 0. The minimum absolute atomic E-state index is 0.136. The number of aromatic amines is 1. The summed E-state index contributed by atoms with van der Waals surface area (Å²) in [6, 6.07) is 5.08. The van der Waals surface area contributed by atoms with Crippen molar-refractivity contribution in [1.82, 2.24) is 9.97 Å². The van der Waals surface area contributed by atoms with Crippen molar-refractivity contribution in [3.8, 4) is 11.5 Å². The number of hydrogen-bond acceptors (Lipinski definition) is 5. The zero-order valence-electron chi connectivity index (χ0n) is 14.4. The van der Waals surface area contributed by atoms with E-state index in [0.29, 0.717) is 36.1 Å². The van der Waals surface area contributed by atoms with Gasteiger partial charge in [-0.1, -0.05) is 0 Å². The van der Waals surface area contributed by atoms with Crippen LogP contribution in [0.3, 0.4) is 0 Å². The highest BCUT2D eigenvalue weighted by atomic mass is 16.5. The maximum absolute atomic E-state index is 12.3. The Morgan fingerprint density at radius 1 is 1.21 bits per heavy atom. The van der Waals surface area contributed by atoms with E-state index in [9.17, 15) is 4.79 Å². The molecule has 24 heavy (non-hydrogen) atoms. The van der Waals surface area contributed by atoms with Crippen molar-refractivity contribution in [2.75, 3.05) is 27.4 Å². The van der Waals surface area contributed by atoms with Crippen LogP contribution in [0.25, 0.3) is 6.08 Å². The maximum Gasteiger partial charge on any atom is 0.186 e. The fraction of sp³-hybridized carbons (Fsp3) is 0.333. The molecule has 0 bridgehead atoms. The van der Waals surface area contributed by atoms with Crippen LogP contribution in [0.1, 0.15) is 27.6 Å². The molecule has 0 radical (unpaired) electrons. The van der Waals surface area contributed by atoms with E-state index in [1.165, 1.54) is 13.2 Å². The lowest BCUT2D eigenvalue weighted by Crippen LogP contribution is -2.06. The number of rotatable bonds is 8. The van der Waals surface area contributed by atoms with Gasteiger partial charge >= 0.3 is 0 Å². The molecule has 0 aliphatic rings. The minimum Gasteiger partial charge on any atom is -0.493 e. The van der Waals surface area contributed by atoms with E-state index < -0.39 is 0 Å². The predicted octanol–water partition coefficient (Wildman–Crippen LogP) is 2.96. The number of nitrogens with zero attached hydrogens (tertiary/aromatic N) is 1. The molecule has 0 aliphatic carbocycles. The first kappa shape index (κ1) is 17.7. The average molecular weight is 330 g/mol. The molecule has 6 nitrogen and oxygen atoms in total. The van der Waals surface area contributed by atoms with Crippen molar-refractivity contribution in [1.29, 1.82) is 0 Å². The van der Waals surface area contributed by atoms with Crippen LogP contribution in [-0.4, -0.2) is 43.2 Å². The molecule has 1 heterocycles. The summed E-state index contributed by atoms with van der Waals surface area (Å²) in [6.45, 7) is 4.75. The van der Waals surface area contributed by atoms with Crippen LogP contribution in [0, 0.1) is 13.8 Å². The van der Waals surface area contributed by atoms with Crippen molar-refractivity contribution < 1.29 is 19.0 Å². The normalized spacial score (nSPS) is 11.0. The third-order valence-corrected chi connectivity index (χ3v) is 3.53. The van der Waals surface area contributed by atoms with E-state index >= 15 is 0 Å². The zero-order chi connectivity index (χ0) is 17.5. The second-order valence-electron chi connectivity index (χ2n) is 5.24. The van der Waals surface area contributed by atoms with Crippen LogP contribution in [0.2, 0.25) is 0 Å². The number of hydrogen-bond donors (Lipinski definition) is 1. The second-order valence-corrected chi connectivity index (χ2v) is 5.24. The number of aromatic nitrogens is 2. The Labute approximate surface area is 141 Å². The van der Waals surface area contributed by atoms with Gasteiger partial charge in [0.25, 0.3) is 0 Å². The Bertz CT molecular complexity index is 715. The molecule has 0 amide bonds. The van der Waals surface area contributed by atoms with E-state index in [0.717, 1.165) is 11.4 Å². The van der Waals surface area contributed by atoms with Crippen LogP contribution in [0.15, 0.2) is 24.3 Å². The minimum atomic E-state index is -0.136. The number of carbonyl (C=O) groups excluding carboxylic acids is 1. The molecule has 6 heteroatoms. The van der Waals surface area contributed by atoms with Gasteiger partial charge in [0.1, 0.15) is 12.4 Å². The van der Waals surface area contributed by atoms with Crippen LogP contribution in [0.4, 0.5) is 0 Å². The average Bonchev–Trinajstić information content (AvgIpc) is 2.91. The number of benzene rings is 1. The van der Waals surface area contributed by atoms with E-state index in [4.69, 9.17) is 14.2 Å². The van der Waals surface area contributed by atoms with Gasteiger partial charge in [0.2, 0.25) is 0 Å². The molecule has 0 unspecified atom stereocenters. The first-order chi connectivity index (χ1) is 11.5. The largest absolute Gasteiger partial charge is 0.493 e. The number of carbonyl (C=O) groups is 1. The Balaban J connectivity index is 2.11. The molecule has 1 aromatic heterocycles. The van der Waals surface area contributed by atoms with Gasteiger partial charge in [0.15, 0.2) is 17.3 Å². The first-order valence-electron chi connectivity index (χ1n) is 7.60. The number of allylic oxidation sites excluding steroid dienone is 1. The van der Waals surface area contributed by atoms with Crippen molar-refractivity contribution in [2.24, 2.45) is 0 Å². The Hall–Kier alpha value is -2.60. The number of ether oxygens (including phenoxy) is 3. The van der Waals surface area contributed by atoms with Gasteiger partial charge < -0.3 is 19.2 Å². The summed E-state index contributed by atoms with van der Waals surface area (Å²) in [7, 11) is 3.15. The number of ketones is 1. The highest BCUT2D eigenvalue weighted by Crippen LogP contribution is 2.28. The number of methoxy groups -OCH3 is 2. The van der Waals surface area contributed by atoms with E-state index in [2.05, 4.69) is 9.97 Å². The first-order valence-corrected chi connectivity index (χ1v) is 7.60. The zero-order valence-corrected chi connectivity index (χ0v) is 14.4. The number of aryl methyl sites for hydroxylation is 2. The van der Waals surface area contributed by atoms with Gasteiger partial charge in [0, 0.05) is 18.4 Å². The molecule has 2 aromatic rings. The number of imidazole rings is 1. The summed E-state index contributed by atoms with van der Waals surface area (Å²) in [5, 5.41) is 0. The van der Waals surface area contributed by atoms with Gasteiger partial charge in [-0.05, 0) is 44.2 Å². The lowest BCUT2D eigenvalue weighted by atomic mass is 10.1. The van der Waals surface area contributed by atoms with E-state index in [1.807, 2.05) is 13.8 Å². The van der Waals surface area contributed by atoms with Gasteiger partial charge in [-0.3, -0.25) is 4.79 Å². The van der Waals surface area contributed by atoms with Crippen LogP contribution >= 0.6 is 0 Å². The Kier molecular flexibility index (Phi) is 6.14. The van der Waals surface area contributed by atoms with Crippen LogP contribution in [-0.2, 0) is 4.74 Å². The SMILES string of the molecule is COCCOc1ccc(C(=O)C=Cc2nc(C)c(C)[nH]2)cc1OC. The molecule has 0 aliphatic heterocycles. The lowest BCUT2D eigenvalue weighted by molar-refractivity contribution is 0.104. The maximum atomic E-state index is 12.3. The van der Waals surface area contributed by atoms with Crippen molar-refractivity contribution >= 4 is 11.9 Å². The monoisotopic (exact) mass is 330 g/mol. The molecule has 128 valence electrons. The molecule has 0 fully saturated rings. The Morgan fingerprint density at radius 2 is 2.00 bits per heavy atom. The van der Waals surface area contributed by atoms with Crippen molar-refractivity contribution in [3.05, 3.63) is 47.1 Å². The standard InChI is InChI=1S/C18H22N2O4/c1-12-13(2)20-18(19-12)8-6-15(21)14-5-7-16(17(11-14)23-4)24-10-9-22-3/h5-8,11H,9-10H2,1-4H3,(H,19,20). The topological polar surface area (TPSA) is 73.4 Å². The van der Waals surface area contributed by atoms with Crippen LogP contribution in [0.5, 0.6) is 11.5 Å². The summed E-state index contributed by atoms with van der Waals surface area (Å²) in [6.07, 6.45) is 3.15. The number of H-pyrrole nitrogens is 1. The molecule has 0 spiro atoms. The lowest BCUT2D eigenvalue weighted by Gasteiger charge is -2.11. The van der Waals surface area contributed by atoms with E-state index in [1.54, 1.807) is 31.4 Å². The molecule has 2 rings (SSSR count). The third-order valence-electron chi connectivity index (χ3n) is 3.53. The van der Waals surface area contributed by atoms with Crippen LogP contribution < -0.4 is 9.47 Å². The highest BCUT2D eigenvalue weighted by molar-refractivity contribution is 6.07. The molecular formula is C18H22N2O4. The fourth-order valence-corrected chi connectivity index (χ4v) is 2.08. The van der Waals surface area contributed by atoms with Gasteiger partial charge in [-0.15, -0.1) is 0 Å². The van der Waals surface area contributed by atoms with E-state index in [-0.39, 0.29) is 5.78 Å². The smallest absolute Gasteiger partial charge is 0.186 e. The summed E-state index contributed by atoms with van der Waals surface area (Å²) in [4.78, 5) is 19.7. The predicted molar refractivity (Wildman–Crippen MR) is 91.8 cm³/mol. The molecule has 0 saturated heterocycles. The fourth-order valence-electron chi connectivity index (χ4n) is 2.08. The number of nitrogens with one attached hydrogen (secondary N) is 1. The molecule has 1 aromatic carbocycles. The third kappa shape index (κ3) is 4.45. The van der Waals surface area contributed by atoms with Gasteiger partial charge in [-0.2, -0.15) is 0 Å². The highest BCUT2D eigenvalue weighted by Gasteiger charge is 2.10. The molecule has 0 saturated carbocycles. The van der Waals surface area contributed by atoms with Crippen molar-refractivity contribution in [3.63, 3.8) is 0 Å². The van der Waals surface area contributed by atoms with Gasteiger partial charge in [-0.25, -0.2) is 4.98 Å². The molecule has 0 atom stereocenters. The quantitative estimate of drug-likeness (QED) is 0.458. The summed E-state index contributed by atoms with van der Waals surface area (Å²) < 4.78 is 15.8. The Morgan fingerprint density at radius 3 is 2.62 bits per heavy atom. The van der Waals surface area contributed by atoms with Crippen molar-refractivity contribution in [2.45, 2.75) is 13.8 Å². The second kappa shape index (κ2) is 8.31. The summed E-state index contributed by atoms with van der Waals surface area (Å²) in [5.41, 5.74) is 2.42.